The van der Waals surface area contributed by atoms with Crippen LogP contribution in [-0.2, 0) is 19.1 Å². The molecule has 0 saturated heterocycles. The molecule has 0 radical (unpaired) electrons. The van der Waals surface area contributed by atoms with Crippen LogP contribution in [0.4, 0.5) is 13.2 Å². The molecule has 26 heavy (non-hydrogen) atoms. The summed E-state index contributed by atoms with van der Waals surface area (Å²) in [7, 11) is 0. The molecule has 0 fully saturated rings. The van der Waals surface area contributed by atoms with E-state index in [1.165, 1.54) is 16.9 Å². The number of tetrazole rings is 1. The van der Waals surface area contributed by atoms with Crippen LogP contribution in [0.1, 0.15) is 16.7 Å². The highest BCUT2D eigenvalue weighted by Gasteiger charge is 2.33. The van der Waals surface area contributed by atoms with E-state index in [2.05, 4.69) is 15.4 Å². The van der Waals surface area contributed by atoms with Crippen LogP contribution in [0, 0.1) is 0 Å². The molecule has 0 aliphatic carbocycles. The fourth-order valence-electron chi connectivity index (χ4n) is 2.55. The Kier molecular flexibility index (Phi) is 5.24. The van der Waals surface area contributed by atoms with Gasteiger partial charge in [-0.25, -0.2) is 0 Å². The average molecular weight is 383 g/mol. The number of benzene rings is 2. The summed E-state index contributed by atoms with van der Waals surface area (Å²) in [5.74, 6) is 0.382. The lowest BCUT2D eigenvalue weighted by atomic mass is 9.98. The topological polar surface area (TPSA) is 63.8 Å². The van der Waals surface area contributed by atoms with Gasteiger partial charge >= 0.3 is 6.18 Å². The lowest BCUT2D eigenvalue weighted by Gasteiger charge is -2.11. The SMILES string of the molecule is OCCn1nnc(-c2ccccc2Cc2ccc(C(F)(F)F)c(Cl)c2)n1. The summed E-state index contributed by atoms with van der Waals surface area (Å²) in [4.78, 5) is 1.28. The molecule has 1 aromatic heterocycles. The van der Waals surface area contributed by atoms with Gasteiger partial charge in [0.1, 0.15) is 0 Å². The lowest BCUT2D eigenvalue weighted by Crippen LogP contribution is -2.06. The molecular formula is C17H14ClF3N4O. The van der Waals surface area contributed by atoms with E-state index in [4.69, 9.17) is 16.7 Å². The average Bonchev–Trinajstić information content (AvgIpc) is 3.03. The largest absolute Gasteiger partial charge is 0.417 e. The van der Waals surface area contributed by atoms with Crippen molar-refractivity contribution in [3.05, 3.63) is 64.2 Å². The first-order valence-electron chi connectivity index (χ1n) is 7.71. The van der Waals surface area contributed by atoms with Crippen LogP contribution in [0.25, 0.3) is 11.4 Å². The Morgan fingerprint density at radius 1 is 1.12 bits per heavy atom. The fourth-order valence-corrected chi connectivity index (χ4v) is 2.86. The van der Waals surface area contributed by atoms with Crippen LogP contribution in [0.2, 0.25) is 5.02 Å². The van der Waals surface area contributed by atoms with Gasteiger partial charge in [-0.3, -0.25) is 0 Å². The zero-order chi connectivity index (χ0) is 18.7. The van der Waals surface area contributed by atoms with Gasteiger partial charge < -0.3 is 5.11 Å². The summed E-state index contributed by atoms with van der Waals surface area (Å²) in [5, 5.41) is 20.6. The van der Waals surface area contributed by atoms with Crippen LogP contribution in [0.15, 0.2) is 42.5 Å². The van der Waals surface area contributed by atoms with E-state index in [-0.39, 0.29) is 18.2 Å². The first-order chi connectivity index (χ1) is 12.4. The van der Waals surface area contributed by atoms with Crippen molar-refractivity contribution in [3.8, 4) is 11.4 Å². The second-order valence-corrected chi connectivity index (χ2v) is 5.99. The highest BCUT2D eigenvalue weighted by atomic mass is 35.5. The van der Waals surface area contributed by atoms with E-state index in [1.807, 2.05) is 18.2 Å². The first-order valence-corrected chi connectivity index (χ1v) is 8.09. The minimum atomic E-state index is -4.48. The highest BCUT2D eigenvalue weighted by Crippen LogP contribution is 2.35. The van der Waals surface area contributed by atoms with Gasteiger partial charge in [-0.15, -0.1) is 10.2 Å². The van der Waals surface area contributed by atoms with Crippen molar-refractivity contribution >= 4 is 11.6 Å². The van der Waals surface area contributed by atoms with E-state index >= 15 is 0 Å². The standard InChI is InChI=1S/C17H14ClF3N4O/c18-15-10-11(5-6-14(15)17(19,20)21)9-12-3-1-2-4-13(12)16-22-24-25(23-16)7-8-26/h1-6,10,26H,7-9H2. The van der Waals surface area contributed by atoms with Gasteiger partial charge in [-0.2, -0.15) is 18.0 Å². The molecule has 5 nitrogen and oxygen atoms in total. The molecule has 1 heterocycles. The van der Waals surface area contributed by atoms with Gasteiger partial charge in [0.15, 0.2) is 0 Å². The smallest absolute Gasteiger partial charge is 0.394 e. The number of hydrogen-bond acceptors (Lipinski definition) is 4. The zero-order valence-electron chi connectivity index (χ0n) is 13.4. The summed E-state index contributed by atoms with van der Waals surface area (Å²) in [6.45, 7) is 0.116. The summed E-state index contributed by atoms with van der Waals surface area (Å²) >= 11 is 5.79. The summed E-state index contributed by atoms with van der Waals surface area (Å²) in [6.07, 6.45) is -4.12. The Morgan fingerprint density at radius 3 is 2.58 bits per heavy atom. The molecular weight excluding hydrogens is 369 g/mol. The molecule has 0 amide bonds. The minimum Gasteiger partial charge on any atom is -0.394 e. The molecule has 0 bridgehead atoms. The number of alkyl halides is 3. The molecule has 9 heteroatoms. The number of aliphatic hydroxyl groups is 1. The first kappa shape index (κ1) is 18.3. The van der Waals surface area contributed by atoms with E-state index < -0.39 is 11.7 Å². The Balaban J connectivity index is 1.90. The van der Waals surface area contributed by atoms with Gasteiger partial charge in [0.2, 0.25) is 5.82 Å². The predicted molar refractivity (Wildman–Crippen MR) is 89.6 cm³/mol. The van der Waals surface area contributed by atoms with Crippen LogP contribution < -0.4 is 0 Å². The van der Waals surface area contributed by atoms with Gasteiger partial charge in [-0.1, -0.05) is 41.9 Å². The van der Waals surface area contributed by atoms with Crippen LogP contribution in [0.3, 0.4) is 0 Å². The van der Waals surface area contributed by atoms with E-state index in [1.54, 1.807) is 6.07 Å². The van der Waals surface area contributed by atoms with Gasteiger partial charge in [0.25, 0.3) is 0 Å². The van der Waals surface area contributed by atoms with Gasteiger partial charge in [0.05, 0.1) is 23.7 Å². The number of nitrogens with zero attached hydrogens (tertiary/aromatic N) is 4. The molecule has 0 unspecified atom stereocenters. The Morgan fingerprint density at radius 2 is 1.88 bits per heavy atom. The Bertz CT molecular complexity index is 911. The second kappa shape index (κ2) is 7.43. The van der Waals surface area contributed by atoms with E-state index in [9.17, 15) is 13.2 Å². The van der Waals surface area contributed by atoms with Crippen molar-refractivity contribution in [3.63, 3.8) is 0 Å². The second-order valence-electron chi connectivity index (χ2n) is 5.58. The molecule has 3 rings (SSSR count). The van der Waals surface area contributed by atoms with Crippen molar-refractivity contribution in [2.75, 3.05) is 6.61 Å². The zero-order valence-corrected chi connectivity index (χ0v) is 14.2. The van der Waals surface area contributed by atoms with Crippen molar-refractivity contribution in [1.29, 1.82) is 0 Å². The maximum absolute atomic E-state index is 12.8. The number of hydrogen-bond donors (Lipinski definition) is 1. The molecule has 0 atom stereocenters. The molecule has 0 aliphatic rings. The molecule has 1 N–H and O–H groups in total. The monoisotopic (exact) mass is 382 g/mol. The predicted octanol–water partition coefficient (Wildman–Crippen LogP) is 3.60. The van der Waals surface area contributed by atoms with Crippen LogP contribution >= 0.6 is 11.6 Å². The third-order valence-electron chi connectivity index (χ3n) is 3.74. The van der Waals surface area contributed by atoms with Gasteiger partial charge in [0, 0.05) is 5.56 Å². The molecule has 2 aromatic carbocycles. The molecule has 0 spiro atoms. The van der Waals surface area contributed by atoms with Crippen molar-refractivity contribution < 1.29 is 18.3 Å². The summed E-state index contributed by atoms with van der Waals surface area (Å²) < 4.78 is 38.5. The van der Waals surface area contributed by atoms with E-state index in [0.29, 0.717) is 23.4 Å². The van der Waals surface area contributed by atoms with Crippen molar-refractivity contribution in [2.45, 2.75) is 19.1 Å². The summed E-state index contributed by atoms with van der Waals surface area (Å²) in [5.41, 5.74) is 1.32. The van der Waals surface area contributed by atoms with Crippen LogP contribution in [0.5, 0.6) is 0 Å². The fraction of sp³-hybridized carbons (Fsp3) is 0.235. The quantitative estimate of drug-likeness (QED) is 0.732. The minimum absolute atomic E-state index is 0.110. The number of aromatic nitrogens is 4. The molecule has 136 valence electrons. The molecule has 0 saturated carbocycles. The maximum atomic E-state index is 12.8. The number of aliphatic hydroxyl groups excluding tert-OH is 1. The lowest BCUT2D eigenvalue weighted by molar-refractivity contribution is -0.137. The normalized spacial score (nSPS) is 11.7. The molecule has 0 aliphatic heterocycles. The third-order valence-corrected chi connectivity index (χ3v) is 4.06. The molecule has 3 aromatic rings. The van der Waals surface area contributed by atoms with E-state index in [0.717, 1.165) is 11.6 Å². The number of halogens is 4. The Hall–Kier alpha value is -2.45. The van der Waals surface area contributed by atoms with Gasteiger partial charge in [-0.05, 0) is 34.9 Å². The Labute approximate surface area is 152 Å². The third kappa shape index (κ3) is 4.03. The summed E-state index contributed by atoms with van der Waals surface area (Å²) in [6, 6.07) is 11.0. The highest BCUT2D eigenvalue weighted by molar-refractivity contribution is 6.31. The number of rotatable bonds is 5. The van der Waals surface area contributed by atoms with Crippen molar-refractivity contribution in [1.82, 2.24) is 20.2 Å². The van der Waals surface area contributed by atoms with Crippen molar-refractivity contribution in [2.24, 2.45) is 0 Å². The van der Waals surface area contributed by atoms with Crippen LogP contribution in [-0.4, -0.2) is 31.9 Å². The maximum Gasteiger partial charge on any atom is 0.417 e.